The van der Waals surface area contributed by atoms with Gasteiger partial charge in [0.1, 0.15) is 17.5 Å². The fourth-order valence-electron chi connectivity index (χ4n) is 3.84. The zero-order chi connectivity index (χ0) is 22.8. The first-order chi connectivity index (χ1) is 16.0. The van der Waals surface area contributed by atoms with Crippen LogP contribution in [0.2, 0.25) is 0 Å². The minimum absolute atomic E-state index is 0.487. The molecule has 33 heavy (non-hydrogen) atoms. The predicted octanol–water partition coefficient (Wildman–Crippen LogP) is 3.50. The molecule has 5 rings (SSSR count). The standard InChI is InChI=1S/C25H26N8/c1-17(18-7-8-27-25(13-18)33-11-9-32(2)10-12-33)30-24-14-22-20(16-29-24)3-5-21(31-22)19-4-6-23(26)28-15-19/h3-8,13-16H,1,9-12H2,2H3,(H2,26,28)(H,29,30). The summed E-state index contributed by atoms with van der Waals surface area (Å²) in [7, 11) is 2.15. The maximum Gasteiger partial charge on any atom is 0.132 e. The van der Waals surface area contributed by atoms with Crippen LogP contribution in [0.5, 0.6) is 0 Å². The van der Waals surface area contributed by atoms with Gasteiger partial charge in [-0.25, -0.2) is 19.9 Å². The maximum atomic E-state index is 5.70. The van der Waals surface area contributed by atoms with E-state index in [1.165, 1.54) is 0 Å². The quantitative estimate of drug-likeness (QED) is 0.489. The van der Waals surface area contributed by atoms with Gasteiger partial charge in [-0.1, -0.05) is 6.58 Å². The molecule has 0 bridgehead atoms. The summed E-state index contributed by atoms with van der Waals surface area (Å²) in [6.07, 6.45) is 5.37. The van der Waals surface area contributed by atoms with E-state index < -0.39 is 0 Å². The molecule has 1 aliphatic rings. The molecule has 0 atom stereocenters. The molecule has 4 aromatic rings. The molecular formula is C25H26N8. The number of hydrogen-bond acceptors (Lipinski definition) is 8. The Kier molecular flexibility index (Phi) is 5.58. The number of nitrogens with two attached hydrogens (primary N) is 1. The van der Waals surface area contributed by atoms with Crippen LogP contribution < -0.4 is 16.0 Å². The maximum absolute atomic E-state index is 5.70. The van der Waals surface area contributed by atoms with Crippen molar-refractivity contribution in [2.24, 2.45) is 0 Å². The van der Waals surface area contributed by atoms with Gasteiger partial charge in [-0.3, -0.25) is 0 Å². The highest BCUT2D eigenvalue weighted by Crippen LogP contribution is 2.24. The van der Waals surface area contributed by atoms with Crippen molar-refractivity contribution in [2.45, 2.75) is 0 Å². The fraction of sp³-hybridized carbons (Fsp3) is 0.200. The molecule has 4 aromatic heterocycles. The molecule has 0 spiro atoms. The molecule has 0 aromatic carbocycles. The fourth-order valence-corrected chi connectivity index (χ4v) is 3.84. The van der Waals surface area contributed by atoms with E-state index in [4.69, 9.17) is 10.7 Å². The summed E-state index contributed by atoms with van der Waals surface area (Å²) in [6, 6.07) is 13.6. The summed E-state index contributed by atoms with van der Waals surface area (Å²) in [5.74, 6) is 2.14. The average molecular weight is 439 g/mol. The first-order valence-corrected chi connectivity index (χ1v) is 10.9. The first-order valence-electron chi connectivity index (χ1n) is 10.9. The number of aromatic nitrogens is 4. The van der Waals surface area contributed by atoms with Crippen molar-refractivity contribution in [1.82, 2.24) is 24.8 Å². The van der Waals surface area contributed by atoms with Gasteiger partial charge in [-0.05, 0) is 43.4 Å². The monoisotopic (exact) mass is 438 g/mol. The molecule has 166 valence electrons. The van der Waals surface area contributed by atoms with Crippen molar-refractivity contribution in [1.29, 1.82) is 0 Å². The average Bonchev–Trinajstić information content (AvgIpc) is 2.84. The van der Waals surface area contributed by atoms with Crippen molar-refractivity contribution in [3.63, 3.8) is 0 Å². The van der Waals surface area contributed by atoms with Crippen LogP contribution in [-0.2, 0) is 0 Å². The topological polar surface area (TPSA) is 96.1 Å². The lowest BCUT2D eigenvalue weighted by Gasteiger charge is -2.33. The number of nitrogens with zero attached hydrogens (tertiary/aromatic N) is 6. The summed E-state index contributed by atoms with van der Waals surface area (Å²) in [4.78, 5) is 22.7. The summed E-state index contributed by atoms with van der Waals surface area (Å²) in [5.41, 5.74) is 10.0. The number of rotatable bonds is 5. The number of nitrogens with one attached hydrogen (secondary N) is 1. The largest absolute Gasteiger partial charge is 0.384 e. The van der Waals surface area contributed by atoms with E-state index in [0.717, 1.165) is 65.4 Å². The van der Waals surface area contributed by atoms with Gasteiger partial charge in [0.25, 0.3) is 0 Å². The van der Waals surface area contributed by atoms with Gasteiger partial charge < -0.3 is 20.9 Å². The molecule has 0 aliphatic carbocycles. The molecule has 0 saturated carbocycles. The smallest absolute Gasteiger partial charge is 0.132 e. The van der Waals surface area contributed by atoms with E-state index in [9.17, 15) is 0 Å². The predicted molar refractivity (Wildman–Crippen MR) is 134 cm³/mol. The zero-order valence-electron chi connectivity index (χ0n) is 18.6. The minimum atomic E-state index is 0.487. The Bertz CT molecular complexity index is 1290. The highest BCUT2D eigenvalue weighted by Gasteiger charge is 2.16. The normalized spacial score (nSPS) is 14.4. The molecule has 1 saturated heterocycles. The van der Waals surface area contributed by atoms with E-state index in [-0.39, 0.29) is 0 Å². The summed E-state index contributed by atoms with van der Waals surface area (Å²) >= 11 is 0. The Morgan fingerprint density at radius 1 is 0.970 bits per heavy atom. The highest BCUT2D eigenvalue weighted by molar-refractivity contribution is 5.85. The lowest BCUT2D eigenvalue weighted by Crippen LogP contribution is -2.44. The third-order valence-corrected chi connectivity index (χ3v) is 5.86. The van der Waals surface area contributed by atoms with Crippen molar-refractivity contribution < 1.29 is 0 Å². The summed E-state index contributed by atoms with van der Waals surface area (Å²) in [6.45, 7) is 8.23. The molecule has 3 N–H and O–H groups in total. The number of hydrogen-bond donors (Lipinski definition) is 2. The third kappa shape index (κ3) is 4.61. The number of piperazine rings is 1. The lowest BCUT2D eigenvalue weighted by molar-refractivity contribution is 0.312. The lowest BCUT2D eigenvalue weighted by atomic mass is 10.1. The van der Waals surface area contributed by atoms with Crippen molar-refractivity contribution >= 4 is 34.1 Å². The number of anilines is 3. The van der Waals surface area contributed by atoms with E-state index in [1.807, 2.05) is 42.7 Å². The van der Waals surface area contributed by atoms with Crippen LogP contribution in [0.25, 0.3) is 27.9 Å². The second-order valence-corrected chi connectivity index (χ2v) is 8.23. The van der Waals surface area contributed by atoms with Crippen molar-refractivity contribution in [3.05, 3.63) is 73.2 Å². The van der Waals surface area contributed by atoms with Gasteiger partial charge >= 0.3 is 0 Å². The molecule has 5 heterocycles. The molecule has 0 unspecified atom stereocenters. The number of pyridine rings is 4. The van der Waals surface area contributed by atoms with Crippen LogP contribution >= 0.6 is 0 Å². The van der Waals surface area contributed by atoms with E-state index in [1.54, 1.807) is 12.3 Å². The second kappa shape index (κ2) is 8.84. The minimum Gasteiger partial charge on any atom is -0.384 e. The molecule has 0 amide bonds. The number of fused-ring (bicyclic) bond motifs is 1. The first kappa shape index (κ1) is 20.8. The Morgan fingerprint density at radius 3 is 2.61 bits per heavy atom. The van der Waals surface area contributed by atoms with Gasteiger partial charge in [0.2, 0.25) is 0 Å². The van der Waals surface area contributed by atoms with E-state index >= 15 is 0 Å². The van der Waals surface area contributed by atoms with E-state index in [2.05, 4.69) is 49.8 Å². The van der Waals surface area contributed by atoms with Crippen LogP contribution in [0, 0.1) is 0 Å². The van der Waals surface area contributed by atoms with Crippen LogP contribution in [0.3, 0.4) is 0 Å². The zero-order valence-corrected chi connectivity index (χ0v) is 18.6. The van der Waals surface area contributed by atoms with Crippen molar-refractivity contribution in [3.8, 4) is 11.3 Å². The van der Waals surface area contributed by atoms with Crippen LogP contribution in [0.1, 0.15) is 5.56 Å². The van der Waals surface area contributed by atoms with Crippen molar-refractivity contribution in [2.75, 3.05) is 49.2 Å². The Hall–Kier alpha value is -4.04. The highest BCUT2D eigenvalue weighted by atomic mass is 15.3. The van der Waals surface area contributed by atoms with E-state index in [0.29, 0.717) is 11.6 Å². The Labute approximate surface area is 192 Å². The number of likely N-dealkylation sites (N-methyl/N-ethyl adjacent to an activating group) is 1. The summed E-state index contributed by atoms with van der Waals surface area (Å²) < 4.78 is 0. The van der Waals surface area contributed by atoms with Crippen LogP contribution in [-0.4, -0.2) is 58.1 Å². The van der Waals surface area contributed by atoms with Gasteiger partial charge in [0, 0.05) is 73.0 Å². The van der Waals surface area contributed by atoms with Crippen LogP contribution in [0.15, 0.2) is 67.6 Å². The van der Waals surface area contributed by atoms with Gasteiger partial charge in [0.15, 0.2) is 0 Å². The van der Waals surface area contributed by atoms with Gasteiger partial charge in [-0.15, -0.1) is 0 Å². The molecule has 8 heteroatoms. The molecule has 8 nitrogen and oxygen atoms in total. The van der Waals surface area contributed by atoms with Gasteiger partial charge in [-0.2, -0.15) is 0 Å². The SMILES string of the molecule is C=C(Nc1cc2nc(-c3ccc(N)nc3)ccc2cn1)c1ccnc(N2CCN(C)CC2)c1. The number of nitrogen functional groups attached to an aromatic ring is 1. The molecule has 0 radical (unpaired) electrons. The second-order valence-electron chi connectivity index (χ2n) is 8.23. The molecule has 1 fully saturated rings. The van der Waals surface area contributed by atoms with Crippen LogP contribution in [0.4, 0.5) is 17.5 Å². The Morgan fingerprint density at radius 2 is 1.82 bits per heavy atom. The Balaban J connectivity index is 1.36. The summed E-state index contributed by atoms with van der Waals surface area (Å²) in [5, 5.41) is 4.28. The molecular weight excluding hydrogens is 412 g/mol. The third-order valence-electron chi connectivity index (χ3n) is 5.86. The molecule has 1 aliphatic heterocycles. The van der Waals surface area contributed by atoms with Gasteiger partial charge in [0.05, 0.1) is 11.2 Å².